The zero-order chi connectivity index (χ0) is 15.0. The van der Waals surface area contributed by atoms with Gasteiger partial charge in [-0.3, -0.25) is 9.59 Å². The molecule has 0 bridgehead atoms. The summed E-state index contributed by atoms with van der Waals surface area (Å²) >= 11 is 0. The van der Waals surface area contributed by atoms with Crippen LogP contribution in [0.4, 0.5) is 4.79 Å². The van der Waals surface area contributed by atoms with Gasteiger partial charge in [-0.2, -0.15) is 0 Å². The maximum atomic E-state index is 11.9. The van der Waals surface area contributed by atoms with Crippen LogP contribution in [-0.2, 0) is 9.59 Å². The highest BCUT2D eigenvalue weighted by Gasteiger charge is 2.19. The van der Waals surface area contributed by atoms with E-state index in [0.29, 0.717) is 13.1 Å². The van der Waals surface area contributed by atoms with Crippen molar-refractivity contribution < 1.29 is 19.5 Å². The molecule has 1 N–H and O–H groups in total. The minimum atomic E-state index is -0.957. The van der Waals surface area contributed by atoms with Gasteiger partial charge in [-0.15, -0.1) is 0 Å². The molecule has 0 aliphatic heterocycles. The van der Waals surface area contributed by atoms with E-state index in [-0.39, 0.29) is 31.4 Å². The quantitative estimate of drug-likeness (QED) is 0.724. The van der Waals surface area contributed by atoms with Crippen LogP contribution in [0.25, 0.3) is 0 Å². The molecule has 0 atom stereocenters. The van der Waals surface area contributed by atoms with Crippen molar-refractivity contribution in [2.24, 2.45) is 0 Å². The second-order valence-electron chi connectivity index (χ2n) is 4.27. The van der Waals surface area contributed by atoms with E-state index < -0.39 is 5.97 Å². The predicted octanol–water partition coefficient (Wildman–Crippen LogP) is 0.313. The molecular formula is C12H23N3O4. The van der Waals surface area contributed by atoms with Gasteiger partial charge in [0.2, 0.25) is 5.91 Å². The Kier molecular flexibility index (Phi) is 7.55. The average Bonchev–Trinajstić information content (AvgIpc) is 2.36. The number of hydrogen-bond donors (Lipinski definition) is 1. The lowest BCUT2D eigenvalue weighted by Gasteiger charge is -2.26. The van der Waals surface area contributed by atoms with Gasteiger partial charge in [-0.1, -0.05) is 0 Å². The second kappa shape index (κ2) is 8.34. The molecule has 0 spiro atoms. The first kappa shape index (κ1) is 17.2. The summed E-state index contributed by atoms with van der Waals surface area (Å²) in [6, 6.07) is -0.359. The molecule has 0 rings (SSSR count). The van der Waals surface area contributed by atoms with E-state index in [1.54, 1.807) is 4.90 Å². The molecule has 110 valence electrons. The van der Waals surface area contributed by atoms with Crippen molar-refractivity contribution in [2.75, 3.05) is 40.3 Å². The minimum Gasteiger partial charge on any atom is -0.481 e. The number of carbonyl (C=O) groups excluding carboxylic acids is 2. The second-order valence-corrected chi connectivity index (χ2v) is 4.27. The lowest BCUT2D eigenvalue weighted by Crippen LogP contribution is -2.45. The Bertz CT molecular complexity index is 329. The molecule has 0 aliphatic rings. The summed E-state index contributed by atoms with van der Waals surface area (Å²) in [5.41, 5.74) is 0. The average molecular weight is 273 g/mol. The Labute approximate surface area is 113 Å². The maximum Gasteiger partial charge on any atom is 0.319 e. The first-order chi connectivity index (χ1) is 8.83. The lowest BCUT2D eigenvalue weighted by atomic mass is 10.4. The number of urea groups is 1. The van der Waals surface area contributed by atoms with E-state index in [4.69, 9.17) is 5.11 Å². The van der Waals surface area contributed by atoms with Crippen LogP contribution in [0.3, 0.4) is 0 Å². The third-order valence-electron chi connectivity index (χ3n) is 2.80. The fraction of sp³-hybridized carbons (Fsp3) is 0.750. The molecule has 0 aromatic heterocycles. The molecule has 0 heterocycles. The maximum absolute atomic E-state index is 11.9. The van der Waals surface area contributed by atoms with Gasteiger partial charge in [0.1, 0.15) is 6.54 Å². The number of amides is 3. The summed E-state index contributed by atoms with van der Waals surface area (Å²) in [5, 5.41) is 8.55. The first-order valence-corrected chi connectivity index (χ1v) is 6.29. The molecule has 0 aliphatic carbocycles. The van der Waals surface area contributed by atoms with Crippen LogP contribution in [0.5, 0.6) is 0 Å². The number of carboxylic acid groups (broad SMARTS) is 1. The summed E-state index contributed by atoms with van der Waals surface area (Å²) in [4.78, 5) is 38.4. The van der Waals surface area contributed by atoms with E-state index in [1.807, 2.05) is 13.8 Å². The molecule has 19 heavy (non-hydrogen) atoms. The highest BCUT2D eigenvalue weighted by atomic mass is 16.4. The van der Waals surface area contributed by atoms with Crippen LogP contribution in [0, 0.1) is 0 Å². The third kappa shape index (κ3) is 6.08. The molecule has 7 heteroatoms. The Morgan fingerprint density at radius 2 is 1.53 bits per heavy atom. The van der Waals surface area contributed by atoms with Crippen LogP contribution < -0.4 is 0 Å². The molecule has 0 unspecified atom stereocenters. The molecule has 0 aromatic carbocycles. The number of hydrogen-bond acceptors (Lipinski definition) is 3. The Balaban J connectivity index is 4.32. The van der Waals surface area contributed by atoms with Crippen molar-refractivity contribution in [2.45, 2.75) is 20.3 Å². The topological polar surface area (TPSA) is 81.2 Å². The third-order valence-corrected chi connectivity index (χ3v) is 2.80. The van der Waals surface area contributed by atoms with Gasteiger partial charge >= 0.3 is 12.0 Å². The monoisotopic (exact) mass is 273 g/mol. The van der Waals surface area contributed by atoms with Crippen molar-refractivity contribution in [1.29, 1.82) is 0 Å². The number of nitrogens with zero attached hydrogens (tertiary/aromatic N) is 3. The summed E-state index contributed by atoms with van der Waals surface area (Å²) in [5.74, 6) is -1.07. The van der Waals surface area contributed by atoms with Crippen molar-refractivity contribution in [1.82, 2.24) is 14.7 Å². The number of likely N-dealkylation sites (N-methyl/N-ethyl adjacent to an activating group) is 2. The van der Waals surface area contributed by atoms with Gasteiger partial charge in [0.25, 0.3) is 0 Å². The standard InChI is InChI=1S/C12H23N3O4/c1-5-15(6-2)10(16)9-14(4)12(19)13(3)8-7-11(17)18/h5-9H2,1-4H3,(H,17,18). The molecular weight excluding hydrogens is 250 g/mol. The molecule has 7 nitrogen and oxygen atoms in total. The van der Waals surface area contributed by atoms with E-state index >= 15 is 0 Å². The molecule has 0 saturated carbocycles. The lowest BCUT2D eigenvalue weighted by molar-refractivity contribution is -0.137. The molecule has 0 fully saturated rings. The SMILES string of the molecule is CCN(CC)C(=O)CN(C)C(=O)N(C)CCC(=O)O. The molecule has 0 aromatic rings. The normalized spacial score (nSPS) is 9.89. The minimum absolute atomic E-state index is 0.00206. The number of carboxylic acids is 1. The first-order valence-electron chi connectivity index (χ1n) is 6.29. The summed E-state index contributed by atoms with van der Waals surface area (Å²) in [6.07, 6.45) is -0.111. The van der Waals surface area contributed by atoms with E-state index in [9.17, 15) is 14.4 Å². The van der Waals surface area contributed by atoms with Gasteiger partial charge in [-0.05, 0) is 13.8 Å². The van der Waals surface area contributed by atoms with Crippen molar-refractivity contribution in [3.8, 4) is 0 Å². The zero-order valence-corrected chi connectivity index (χ0v) is 12.0. The molecule has 0 saturated heterocycles. The van der Waals surface area contributed by atoms with Gasteiger partial charge < -0.3 is 19.8 Å². The highest BCUT2D eigenvalue weighted by Crippen LogP contribution is 1.98. The Morgan fingerprint density at radius 1 is 1.00 bits per heavy atom. The van der Waals surface area contributed by atoms with Gasteiger partial charge in [0.15, 0.2) is 0 Å². The molecule has 0 radical (unpaired) electrons. The van der Waals surface area contributed by atoms with Crippen LogP contribution in [0.1, 0.15) is 20.3 Å². The van der Waals surface area contributed by atoms with Crippen molar-refractivity contribution >= 4 is 17.9 Å². The highest BCUT2D eigenvalue weighted by molar-refractivity contribution is 5.84. The number of carbonyl (C=O) groups is 3. The van der Waals surface area contributed by atoms with Crippen LogP contribution in [-0.4, -0.2) is 78.0 Å². The largest absolute Gasteiger partial charge is 0.481 e. The van der Waals surface area contributed by atoms with Gasteiger partial charge in [0, 0.05) is 33.7 Å². The van der Waals surface area contributed by atoms with Gasteiger partial charge in [0.05, 0.1) is 6.42 Å². The van der Waals surface area contributed by atoms with Crippen molar-refractivity contribution in [3.63, 3.8) is 0 Å². The zero-order valence-electron chi connectivity index (χ0n) is 12.0. The fourth-order valence-electron chi connectivity index (χ4n) is 1.60. The summed E-state index contributed by atoms with van der Waals surface area (Å²) in [7, 11) is 3.05. The number of aliphatic carboxylic acids is 1. The Morgan fingerprint density at radius 3 is 1.95 bits per heavy atom. The van der Waals surface area contributed by atoms with E-state index in [1.165, 1.54) is 23.9 Å². The summed E-state index contributed by atoms with van der Waals surface area (Å²) < 4.78 is 0. The van der Waals surface area contributed by atoms with Crippen LogP contribution in [0.15, 0.2) is 0 Å². The fourth-order valence-corrected chi connectivity index (χ4v) is 1.60. The van der Waals surface area contributed by atoms with Gasteiger partial charge in [-0.25, -0.2) is 4.79 Å². The van der Waals surface area contributed by atoms with E-state index in [0.717, 1.165) is 0 Å². The van der Waals surface area contributed by atoms with Crippen molar-refractivity contribution in [3.05, 3.63) is 0 Å². The summed E-state index contributed by atoms with van der Waals surface area (Å²) in [6.45, 7) is 5.08. The smallest absolute Gasteiger partial charge is 0.319 e. The predicted molar refractivity (Wildman–Crippen MR) is 70.8 cm³/mol. The number of rotatable bonds is 7. The Hall–Kier alpha value is -1.79. The molecule has 3 amide bonds. The van der Waals surface area contributed by atoms with Crippen LogP contribution in [0.2, 0.25) is 0 Å². The van der Waals surface area contributed by atoms with Crippen LogP contribution >= 0.6 is 0 Å². The van der Waals surface area contributed by atoms with E-state index in [2.05, 4.69) is 0 Å².